The Hall–Kier alpha value is -1.49. The summed E-state index contributed by atoms with van der Waals surface area (Å²) in [6.07, 6.45) is 1.44. The standard InChI is InChI=1S/C12H13FN2O3S/c13-11-2-1-3-12(10(11)8-14)19(17,18)15(6-7-16)9-4-5-9/h1-3,9,16H,4-7H2. The smallest absolute Gasteiger partial charge is 0.244 e. The molecule has 0 bridgehead atoms. The van der Waals surface area contributed by atoms with Crippen LogP contribution in [0.5, 0.6) is 0 Å². The third-order valence-corrected chi connectivity index (χ3v) is 4.94. The van der Waals surface area contributed by atoms with Crippen molar-refractivity contribution in [3.63, 3.8) is 0 Å². The lowest BCUT2D eigenvalue weighted by atomic mass is 10.2. The van der Waals surface area contributed by atoms with Crippen molar-refractivity contribution in [1.29, 1.82) is 5.26 Å². The van der Waals surface area contributed by atoms with Gasteiger partial charge in [-0.15, -0.1) is 0 Å². The average molecular weight is 284 g/mol. The Labute approximate surface area is 110 Å². The molecule has 1 aromatic rings. The average Bonchev–Trinajstić information content (AvgIpc) is 3.19. The molecule has 1 saturated carbocycles. The van der Waals surface area contributed by atoms with E-state index >= 15 is 0 Å². The second-order valence-electron chi connectivity index (χ2n) is 4.30. The topological polar surface area (TPSA) is 81.4 Å². The van der Waals surface area contributed by atoms with Crippen LogP contribution in [0.1, 0.15) is 18.4 Å². The number of hydrogen-bond acceptors (Lipinski definition) is 4. The van der Waals surface area contributed by atoms with E-state index in [-0.39, 0.29) is 24.1 Å². The Kier molecular flexibility index (Phi) is 3.85. The van der Waals surface area contributed by atoms with Gasteiger partial charge >= 0.3 is 0 Å². The highest BCUT2D eigenvalue weighted by Gasteiger charge is 2.38. The number of hydrogen-bond donors (Lipinski definition) is 1. The zero-order chi connectivity index (χ0) is 14.0. The number of aliphatic hydroxyl groups is 1. The number of halogens is 1. The molecule has 19 heavy (non-hydrogen) atoms. The molecule has 0 heterocycles. The van der Waals surface area contributed by atoms with Gasteiger partial charge in [0, 0.05) is 12.6 Å². The van der Waals surface area contributed by atoms with E-state index in [0.29, 0.717) is 0 Å². The van der Waals surface area contributed by atoms with Crippen LogP contribution in [0.25, 0.3) is 0 Å². The second-order valence-corrected chi connectivity index (χ2v) is 6.15. The summed E-state index contributed by atoms with van der Waals surface area (Å²) in [5.74, 6) is -0.858. The van der Waals surface area contributed by atoms with Gasteiger partial charge < -0.3 is 5.11 Å². The van der Waals surface area contributed by atoms with Crippen LogP contribution in [-0.4, -0.2) is 37.0 Å². The maximum atomic E-state index is 13.5. The number of sulfonamides is 1. The molecule has 0 atom stereocenters. The summed E-state index contributed by atoms with van der Waals surface area (Å²) in [5, 5.41) is 17.9. The van der Waals surface area contributed by atoms with Crippen molar-refractivity contribution in [3.8, 4) is 6.07 Å². The monoisotopic (exact) mass is 284 g/mol. The van der Waals surface area contributed by atoms with E-state index < -0.39 is 21.4 Å². The maximum absolute atomic E-state index is 13.5. The third-order valence-electron chi connectivity index (χ3n) is 2.95. The summed E-state index contributed by atoms with van der Waals surface area (Å²) in [6, 6.07) is 4.94. The molecule has 0 radical (unpaired) electrons. The van der Waals surface area contributed by atoms with Gasteiger partial charge in [0.1, 0.15) is 22.3 Å². The van der Waals surface area contributed by atoms with Crippen molar-refractivity contribution in [1.82, 2.24) is 4.31 Å². The number of aliphatic hydroxyl groups excluding tert-OH is 1. The van der Waals surface area contributed by atoms with Crippen molar-refractivity contribution < 1.29 is 17.9 Å². The van der Waals surface area contributed by atoms with Crippen molar-refractivity contribution in [2.75, 3.05) is 13.2 Å². The zero-order valence-electron chi connectivity index (χ0n) is 10.1. The minimum absolute atomic E-state index is 0.0472. The summed E-state index contributed by atoms with van der Waals surface area (Å²) in [7, 11) is -3.95. The first kappa shape index (κ1) is 13.9. The largest absolute Gasteiger partial charge is 0.395 e. The van der Waals surface area contributed by atoms with Crippen LogP contribution in [0.15, 0.2) is 23.1 Å². The lowest BCUT2D eigenvalue weighted by Gasteiger charge is -2.21. The Balaban J connectivity index is 2.50. The van der Waals surface area contributed by atoms with Crippen LogP contribution in [0.4, 0.5) is 4.39 Å². The molecule has 0 aliphatic heterocycles. The first-order valence-corrected chi connectivity index (χ1v) is 7.27. The minimum atomic E-state index is -3.95. The molecule has 0 spiro atoms. The number of benzene rings is 1. The molecule has 1 aliphatic carbocycles. The van der Waals surface area contributed by atoms with Crippen LogP contribution < -0.4 is 0 Å². The van der Waals surface area contributed by atoms with Crippen LogP contribution >= 0.6 is 0 Å². The normalized spacial score (nSPS) is 15.5. The van der Waals surface area contributed by atoms with Gasteiger partial charge in [0.15, 0.2) is 0 Å². The summed E-state index contributed by atoms with van der Waals surface area (Å²) < 4.78 is 39.5. The van der Waals surface area contributed by atoms with Crippen LogP contribution in [-0.2, 0) is 10.0 Å². The highest BCUT2D eigenvalue weighted by Crippen LogP contribution is 2.33. The lowest BCUT2D eigenvalue weighted by molar-refractivity contribution is 0.250. The van der Waals surface area contributed by atoms with E-state index in [1.165, 1.54) is 12.1 Å². The number of nitriles is 1. The van der Waals surface area contributed by atoms with Crippen molar-refractivity contribution >= 4 is 10.0 Å². The molecule has 7 heteroatoms. The van der Waals surface area contributed by atoms with Gasteiger partial charge in [0.2, 0.25) is 10.0 Å². The molecule has 5 nitrogen and oxygen atoms in total. The Morgan fingerprint density at radius 1 is 1.47 bits per heavy atom. The predicted octanol–water partition coefficient (Wildman–Crippen LogP) is 0.843. The molecular weight excluding hydrogens is 271 g/mol. The third kappa shape index (κ3) is 2.61. The number of nitrogens with zero attached hydrogens (tertiary/aromatic N) is 2. The molecule has 1 aliphatic rings. The van der Waals surface area contributed by atoms with E-state index in [1.54, 1.807) is 6.07 Å². The fourth-order valence-electron chi connectivity index (χ4n) is 1.91. The molecule has 0 unspecified atom stereocenters. The fourth-order valence-corrected chi connectivity index (χ4v) is 3.74. The number of rotatable bonds is 5. The molecule has 0 amide bonds. The van der Waals surface area contributed by atoms with Crippen LogP contribution in [0.3, 0.4) is 0 Å². The molecule has 1 fully saturated rings. The molecule has 1 N–H and O–H groups in total. The Morgan fingerprint density at radius 3 is 2.68 bits per heavy atom. The highest BCUT2D eigenvalue weighted by molar-refractivity contribution is 7.89. The Morgan fingerprint density at radius 2 is 2.16 bits per heavy atom. The van der Waals surface area contributed by atoms with Crippen molar-refractivity contribution in [2.24, 2.45) is 0 Å². The maximum Gasteiger partial charge on any atom is 0.244 e. The first-order valence-electron chi connectivity index (χ1n) is 5.83. The molecule has 0 aromatic heterocycles. The van der Waals surface area contributed by atoms with Crippen molar-refractivity contribution in [3.05, 3.63) is 29.6 Å². The van der Waals surface area contributed by atoms with E-state index in [4.69, 9.17) is 10.4 Å². The predicted molar refractivity (Wildman–Crippen MR) is 65.1 cm³/mol. The zero-order valence-corrected chi connectivity index (χ0v) is 10.9. The van der Waals surface area contributed by atoms with Gasteiger partial charge in [-0.25, -0.2) is 12.8 Å². The van der Waals surface area contributed by atoms with E-state index in [2.05, 4.69) is 0 Å². The van der Waals surface area contributed by atoms with E-state index in [0.717, 1.165) is 23.2 Å². The van der Waals surface area contributed by atoms with Gasteiger partial charge in [0.05, 0.1) is 6.61 Å². The molecule has 102 valence electrons. The van der Waals surface area contributed by atoms with Gasteiger partial charge in [-0.2, -0.15) is 9.57 Å². The lowest BCUT2D eigenvalue weighted by Crippen LogP contribution is -2.36. The molecular formula is C12H13FN2O3S. The van der Waals surface area contributed by atoms with Crippen LogP contribution in [0, 0.1) is 17.1 Å². The van der Waals surface area contributed by atoms with Gasteiger partial charge in [0.25, 0.3) is 0 Å². The molecule has 1 aromatic carbocycles. The van der Waals surface area contributed by atoms with Gasteiger partial charge in [-0.05, 0) is 25.0 Å². The van der Waals surface area contributed by atoms with E-state index in [1.807, 2.05) is 0 Å². The Bertz CT molecular complexity index is 620. The summed E-state index contributed by atoms with van der Waals surface area (Å²) in [4.78, 5) is -0.338. The van der Waals surface area contributed by atoms with Crippen LogP contribution in [0.2, 0.25) is 0 Å². The molecule has 2 rings (SSSR count). The van der Waals surface area contributed by atoms with E-state index in [9.17, 15) is 12.8 Å². The molecule has 0 saturated heterocycles. The highest BCUT2D eigenvalue weighted by atomic mass is 32.2. The first-order chi connectivity index (χ1) is 9.02. The second kappa shape index (κ2) is 5.25. The van der Waals surface area contributed by atoms with Gasteiger partial charge in [-0.1, -0.05) is 6.07 Å². The summed E-state index contributed by atoms with van der Waals surface area (Å²) in [6.45, 7) is -0.360. The SMILES string of the molecule is N#Cc1c(F)cccc1S(=O)(=O)N(CCO)C1CC1. The van der Waals surface area contributed by atoms with Crippen molar-refractivity contribution in [2.45, 2.75) is 23.8 Å². The summed E-state index contributed by atoms with van der Waals surface area (Å²) in [5.41, 5.74) is -0.480. The summed E-state index contributed by atoms with van der Waals surface area (Å²) >= 11 is 0. The minimum Gasteiger partial charge on any atom is -0.395 e. The van der Waals surface area contributed by atoms with Gasteiger partial charge in [-0.3, -0.25) is 0 Å². The quantitative estimate of drug-likeness (QED) is 0.868. The fraction of sp³-hybridized carbons (Fsp3) is 0.417.